The summed E-state index contributed by atoms with van der Waals surface area (Å²) in [5.74, 6) is 0.310. The fourth-order valence-corrected chi connectivity index (χ4v) is 0.831. The zero-order valence-electron chi connectivity index (χ0n) is 6.72. The van der Waals surface area contributed by atoms with Crippen molar-refractivity contribution in [2.75, 3.05) is 0 Å². The number of hydrogen-bond donors (Lipinski definition) is 0. The maximum atomic E-state index is 12.4. The van der Waals surface area contributed by atoms with Crippen LogP contribution in [0, 0.1) is 12.7 Å². The molecule has 0 aliphatic carbocycles. The van der Waals surface area contributed by atoms with E-state index >= 15 is 0 Å². The smallest absolute Gasteiger partial charge is 0.216 e. The van der Waals surface area contributed by atoms with Gasteiger partial charge in [0.2, 0.25) is 0 Å². The van der Waals surface area contributed by atoms with Crippen LogP contribution in [0.25, 0.3) is 5.95 Å². The Morgan fingerprint density at radius 3 is 2.54 bits per heavy atom. The molecule has 13 heavy (non-hydrogen) atoms. The van der Waals surface area contributed by atoms with Crippen LogP contribution in [0.15, 0.2) is 12.4 Å². The molecule has 0 aliphatic heterocycles. The first-order valence-electron chi connectivity index (χ1n) is 3.50. The van der Waals surface area contributed by atoms with Crippen LogP contribution in [0.1, 0.15) is 5.82 Å². The zero-order chi connectivity index (χ0) is 9.26. The molecule has 0 N–H and O–H groups in total. The molecule has 0 saturated heterocycles. The minimum Gasteiger partial charge on any atom is -0.216 e. The third kappa shape index (κ3) is 1.35. The molecule has 0 aromatic carbocycles. The highest BCUT2D eigenvalue weighted by atomic mass is 19.1. The topological polar surface area (TPSA) is 69.4 Å². The molecule has 66 valence electrons. The van der Waals surface area contributed by atoms with Crippen LogP contribution in [-0.2, 0) is 0 Å². The minimum absolute atomic E-state index is 0.254. The normalized spacial score (nSPS) is 10.3. The Labute approximate surface area is 72.4 Å². The molecule has 0 bridgehead atoms. The summed E-state index contributed by atoms with van der Waals surface area (Å²) in [7, 11) is 0. The molecule has 0 atom stereocenters. The molecular formula is C6H5FN6. The molecule has 2 aromatic heterocycles. The first kappa shape index (κ1) is 7.71. The van der Waals surface area contributed by atoms with Crippen molar-refractivity contribution < 1.29 is 4.39 Å². The lowest BCUT2D eigenvalue weighted by molar-refractivity contribution is 0.606. The molecular weight excluding hydrogens is 175 g/mol. The Morgan fingerprint density at radius 2 is 2.00 bits per heavy atom. The average Bonchev–Trinajstić information content (AvgIpc) is 2.53. The highest BCUT2D eigenvalue weighted by Crippen LogP contribution is 1.99. The van der Waals surface area contributed by atoms with E-state index in [0.717, 1.165) is 12.4 Å². The Bertz CT molecular complexity index is 407. The highest BCUT2D eigenvalue weighted by Gasteiger charge is 2.05. The summed E-state index contributed by atoms with van der Waals surface area (Å²) in [5.41, 5.74) is 0. The second-order valence-corrected chi connectivity index (χ2v) is 2.34. The lowest BCUT2D eigenvalue weighted by atomic mass is 10.6. The number of tetrazole rings is 1. The van der Waals surface area contributed by atoms with Crippen LogP contribution >= 0.6 is 0 Å². The summed E-state index contributed by atoms with van der Waals surface area (Å²) in [4.78, 5) is 7.43. The molecule has 0 radical (unpaired) electrons. The van der Waals surface area contributed by atoms with E-state index in [1.165, 1.54) is 4.68 Å². The third-order valence-electron chi connectivity index (χ3n) is 1.42. The lowest BCUT2D eigenvalue weighted by Crippen LogP contribution is -2.04. The maximum Gasteiger partial charge on any atom is 0.253 e. The van der Waals surface area contributed by atoms with E-state index in [1.807, 2.05) is 0 Å². The Hall–Kier alpha value is -1.92. The van der Waals surface area contributed by atoms with E-state index in [2.05, 4.69) is 25.5 Å². The van der Waals surface area contributed by atoms with Crippen molar-refractivity contribution in [2.24, 2.45) is 0 Å². The predicted molar refractivity (Wildman–Crippen MR) is 39.4 cm³/mol. The Morgan fingerprint density at radius 1 is 1.31 bits per heavy atom. The largest absolute Gasteiger partial charge is 0.253 e. The number of aromatic nitrogens is 6. The summed E-state index contributed by atoms with van der Waals surface area (Å²) in [6, 6.07) is 0. The molecule has 2 rings (SSSR count). The quantitative estimate of drug-likeness (QED) is 0.612. The molecule has 0 spiro atoms. The molecule has 7 heteroatoms. The van der Waals surface area contributed by atoms with Crippen LogP contribution < -0.4 is 0 Å². The fourth-order valence-electron chi connectivity index (χ4n) is 0.831. The number of rotatable bonds is 1. The molecule has 2 aromatic rings. The average molecular weight is 180 g/mol. The number of aryl methyl sites for hydroxylation is 1. The lowest BCUT2D eigenvalue weighted by Gasteiger charge is -1.96. The van der Waals surface area contributed by atoms with Crippen LogP contribution in [0.2, 0.25) is 0 Å². The van der Waals surface area contributed by atoms with Crippen molar-refractivity contribution in [3.05, 3.63) is 24.0 Å². The van der Waals surface area contributed by atoms with E-state index in [9.17, 15) is 4.39 Å². The van der Waals surface area contributed by atoms with Crippen molar-refractivity contribution in [1.29, 1.82) is 0 Å². The van der Waals surface area contributed by atoms with E-state index in [4.69, 9.17) is 0 Å². The van der Waals surface area contributed by atoms with Gasteiger partial charge in [0.15, 0.2) is 11.6 Å². The van der Waals surface area contributed by atoms with Gasteiger partial charge in [-0.1, -0.05) is 0 Å². The fraction of sp³-hybridized carbons (Fsp3) is 0.167. The molecule has 0 unspecified atom stereocenters. The van der Waals surface area contributed by atoms with Crippen LogP contribution in [-0.4, -0.2) is 30.2 Å². The van der Waals surface area contributed by atoms with Gasteiger partial charge in [-0.25, -0.2) is 14.4 Å². The molecule has 0 saturated carbocycles. The zero-order valence-corrected chi connectivity index (χ0v) is 6.72. The Balaban J connectivity index is 2.47. The molecule has 0 aliphatic rings. The Kier molecular flexibility index (Phi) is 1.69. The van der Waals surface area contributed by atoms with Crippen LogP contribution in [0.3, 0.4) is 0 Å². The molecule has 2 heterocycles. The van der Waals surface area contributed by atoms with Crippen molar-refractivity contribution in [3.8, 4) is 5.95 Å². The molecule has 0 amide bonds. The van der Waals surface area contributed by atoms with Crippen LogP contribution in [0.4, 0.5) is 4.39 Å². The van der Waals surface area contributed by atoms with Gasteiger partial charge in [0.05, 0.1) is 12.4 Å². The van der Waals surface area contributed by atoms with Gasteiger partial charge in [-0.3, -0.25) is 0 Å². The van der Waals surface area contributed by atoms with Gasteiger partial charge in [-0.2, -0.15) is 4.68 Å². The van der Waals surface area contributed by atoms with E-state index in [1.54, 1.807) is 6.92 Å². The third-order valence-corrected chi connectivity index (χ3v) is 1.42. The van der Waals surface area contributed by atoms with Crippen molar-refractivity contribution in [1.82, 2.24) is 30.2 Å². The van der Waals surface area contributed by atoms with E-state index in [-0.39, 0.29) is 5.95 Å². The summed E-state index contributed by atoms with van der Waals surface area (Å²) in [6.45, 7) is 1.70. The van der Waals surface area contributed by atoms with Gasteiger partial charge in [0.25, 0.3) is 5.95 Å². The van der Waals surface area contributed by atoms with E-state index in [0.29, 0.717) is 5.82 Å². The first-order valence-corrected chi connectivity index (χ1v) is 3.50. The molecule has 6 nitrogen and oxygen atoms in total. The summed E-state index contributed by atoms with van der Waals surface area (Å²) in [5, 5.41) is 10.7. The number of hydrogen-bond acceptors (Lipinski definition) is 5. The van der Waals surface area contributed by atoms with Crippen molar-refractivity contribution >= 4 is 0 Å². The highest BCUT2D eigenvalue weighted by molar-refractivity contribution is 5.08. The number of nitrogens with zero attached hydrogens (tertiary/aromatic N) is 6. The van der Waals surface area contributed by atoms with E-state index < -0.39 is 5.82 Å². The summed E-state index contributed by atoms with van der Waals surface area (Å²) < 4.78 is 13.8. The predicted octanol–water partition coefficient (Wildman–Crippen LogP) is -0.100. The minimum atomic E-state index is -0.491. The van der Waals surface area contributed by atoms with Crippen molar-refractivity contribution in [3.63, 3.8) is 0 Å². The van der Waals surface area contributed by atoms with Gasteiger partial charge in [-0.05, 0) is 17.4 Å². The van der Waals surface area contributed by atoms with Gasteiger partial charge in [0, 0.05) is 0 Å². The second-order valence-electron chi connectivity index (χ2n) is 2.34. The monoisotopic (exact) mass is 180 g/mol. The van der Waals surface area contributed by atoms with Gasteiger partial charge in [0.1, 0.15) is 0 Å². The van der Waals surface area contributed by atoms with Gasteiger partial charge >= 0.3 is 0 Å². The van der Waals surface area contributed by atoms with Gasteiger partial charge in [-0.15, -0.1) is 5.10 Å². The second kappa shape index (κ2) is 2.85. The molecule has 0 fully saturated rings. The van der Waals surface area contributed by atoms with Gasteiger partial charge < -0.3 is 0 Å². The van der Waals surface area contributed by atoms with Crippen LogP contribution in [0.5, 0.6) is 0 Å². The summed E-state index contributed by atoms with van der Waals surface area (Å²) >= 11 is 0. The standard InChI is InChI=1S/C6H5FN6/c1-4-10-11-12-13(4)6-8-2-5(7)3-9-6/h2-3H,1H3. The summed E-state index contributed by atoms with van der Waals surface area (Å²) in [6.07, 6.45) is 2.12. The van der Waals surface area contributed by atoms with Crippen molar-refractivity contribution in [2.45, 2.75) is 6.92 Å². The SMILES string of the molecule is Cc1nnnn1-c1ncc(F)cn1. The maximum absolute atomic E-state index is 12.4. The first-order chi connectivity index (χ1) is 6.27. The number of halogens is 1.